The van der Waals surface area contributed by atoms with Crippen molar-refractivity contribution in [3.63, 3.8) is 0 Å². The second-order valence-electron chi connectivity index (χ2n) is 8.52. The highest BCUT2D eigenvalue weighted by atomic mass is 19.1. The minimum absolute atomic E-state index is 0.0625. The van der Waals surface area contributed by atoms with Crippen LogP contribution in [0.3, 0.4) is 0 Å². The number of carbonyl (C=O) groups excluding carboxylic acids is 1. The molecule has 1 N–H and O–H groups in total. The van der Waals surface area contributed by atoms with Crippen LogP contribution in [0.2, 0.25) is 0 Å². The quantitative estimate of drug-likeness (QED) is 0.861. The van der Waals surface area contributed by atoms with Crippen LogP contribution in [0.15, 0.2) is 29.1 Å². The van der Waals surface area contributed by atoms with E-state index in [0.29, 0.717) is 24.2 Å². The monoisotopic (exact) mass is 396 g/mol. The van der Waals surface area contributed by atoms with Crippen molar-refractivity contribution < 1.29 is 9.18 Å². The highest BCUT2D eigenvalue weighted by molar-refractivity contribution is 5.94. The molecule has 1 unspecified atom stereocenters. The highest BCUT2D eigenvalue weighted by Gasteiger charge is 2.32. The van der Waals surface area contributed by atoms with Gasteiger partial charge in [0, 0.05) is 31.1 Å². The Bertz CT molecular complexity index is 1000. The second-order valence-corrected chi connectivity index (χ2v) is 8.52. The largest absolute Gasteiger partial charge is 0.332 e. The summed E-state index contributed by atoms with van der Waals surface area (Å²) in [6.07, 6.45) is 4.10. The van der Waals surface area contributed by atoms with Crippen molar-refractivity contribution in [2.75, 3.05) is 26.2 Å². The van der Waals surface area contributed by atoms with E-state index in [9.17, 15) is 14.0 Å². The molecule has 3 heterocycles. The van der Waals surface area contributed by atoms with Gasteiger partial charge in [-0.3, -0.25) is 9.59 Å². The average molecular weight is 396 g/mol. The van der Waals surface area contributed by atoms with E-state index in [2.05, 4.69) is 9.88 Å². The molecule has 1 atom stereocenters. The molecule has 6 nitrogen and oxygen atoms in total. The molecule has 1 aromatic carbocycles. The van der Waals surface area contributed by atoms with Crippen molar-refractivity contribution in [2.24, 2.45) is 5.92 Å². The SMILES string of the molecule is O=C(c1ccccc1F)N1CCc2c(nc(C3CCN(CC4CC4)C3)[nH]c2=O)C1. The molecular formula is C22H25FN4O2. The summed E-state index contributed by atoms with van der Waals surface area (Å²) >= 11 is 0. The van der Waals surface area contributed by atoms with Gasteiger partial charge in [-0.15, -0.1) is 0 Å². The fourth-order valence-electron chi connectivity index (χ4n) is 4.52. The number of aromatic nitrogens is 2. The Morgan fingerprint density at radius 1 is 1.21 bits per heavy atom. The van der Waals surface area contributed by atoms with E-state index in [-0.39, 0.29) is 29.5 Å². The molecule has 2 aromatic rings. The van der Waals surface area contributed by atoms with Crippen LogP contribution in [-0.2, 0) is 13.0 Å². The van der Waals surface area contributed by atoms with E-state index in [1.807, 2.05) is 0 Å². The molecule has 1 saturated carbocycles. The number of aromatic amines is 1. The van der Waals surface area contributed by atoms with Crippen LogP contribution in [0.1, 0.15) is 52.6 Å². The van der Waals surface area contributed by atoms with Crippen molar-refractivity contribution in [3.05, 3.63) is 63.1 Å². The number of rotatable bonds is 4. The third kappa shape index (κ3) is 3.71. The first-order valence-corrected chi connectivity index (χ1v) is 10.5. The zero-order chi connectivity index (χ0) is 20.0. The lowest BCUT2D eigenvalue weighted by molar-refractivity contribution is 0.0726. The summed E-state index contributed by atoms with van der Waals surface area (Å²) in [5.74, 6) is 0.928. The third-order valence-corrected chi connectivity index (χ3v) is 6.36. The summed E-state index contributed by atoms with van der Waals surface area (Å²) in [6, 6.07) is 6.01. The topological polar surface area (TPSA) is 69.3 Å². The van der Waals surface area contributed by atoms with Crippen LogP contribution in [-0.4, -0.2) is 51.9 Å². The molecule has 2 fully saturated rings. The van der Waals surface area contributed by atoms with E-state index in [0.717, 1.165) is 37.8 Å². The maximum Gasteiger partial charge on any atom is 0.257 e. The number of hydrogen-bond donors (Lipinski definition) is 1. The molecule has 1 saturated heterocycles. The number of nitrogens with one attached hydrogen (secondary N) is 1. The number of amides is 1. The fourth-order valence-corrected chi connectivity index (χ4v) is 4.52. The van der Waals surface area contributed by atoms with Gasteiger partial charge in [0.05, 0.1) is 17.8 Å². The zero-order valence-electron chi connectivity index (χ0n) is 16.4. The highest BCUT2D eigenvalue weighted by Crippen LogP contribution is 2.33. The number of nitrogens with zero attached hydrogens (tertiary/aromatic N) is 3. The lowest BCUT2D eigenvalue weighted by Crippen LogP contribution is -2.40. The second kappa shape index (κ2) is 7.37. The predicted molar refractivity (Wildman–Crippen MR) is 106 cm³/mol. The molecule has 1 amide bonds. The Labute approximate surface area is 168 Å². The van der Waals surface area contributed by atoms with E-state index < -0.39 is 5.82 Å². The Kier molecular flexibility index (Phi) is 4.70. The molecule has 1 aromatic heterocycles. The molecule has 0 spiro atoms. The van der Waals surface area contributed by atoms with Gasteiger partial charge in [0.2, 0.25) is 0 Å². The normalized spacial score (nSPS) is 22.0. The van der Waals surface area contributed by atoms with E-state index in [1.165, 1.54) is 25.0 Å². The lowest BCUT2D eigenvalue weighted by atomic mass is 10.0. The standard InChI is InChI=1S/C22H25FN4O2/c23-18-4-2-1-3-16(18)22(29)27-10-8-17-19(13-27)24-20(25-21(17)28)15-7-9-26(12-15)11-14-5-6-14/h1-4,14-15H,5-13H2,(H,24,25,28). The van der Waals surface area contributed by atoms with Crippen LogP contribution in [0.4, 0.5) is 4.39 Å². The number of likely N-dealkylation sites (tertiary alicyclic amines) is 1. The van der Waals surface area contributed by atoms with Gasteiger partial charge >= 0.3 is 0 Å². The van der Waals surface area contributed by atoms with E-state index in [4.69, 9.17) is 4.98 Å². The molecule has 0 bridgehead atoms. The summed E-state index contributed by atoms with van der Waals surface area (Å²) in [5, 5.41) is 0. The number of halogens is 1. The molecule has 7 heteroatoms. The van der Waals surface area contributed by atoms with Crippen LogP contribution in [0.5, 0.6) is 0 Å². The molecular weight excluding hydrogens is 371 g/mol. The van der Waals surface area contributed by atoms with Crippen molar-refractivity contribution >= 4 is 5.91 Å². The van der Waals surface area contributed by atoms with Gasteiger partial charge in [-0.05, 0) is 50.3 Å². The number of H-pyrrole nitrogens is 1. The summed E-state index contributed by atoms with van der Waals surface area (Å²) in [5.41, 5.74) is 1.27. The van der Waals surface area contributed by atoms with E-state index in [1.54, 1.807) is 17.0 Å². The Hall–Kier alpha value is -2.54. The first-order chi connectivity index (χ1) is 14.1. The predicted octanol–water partition coefficient (Wildman–Crippen LogP) is 2.31. The minimum atomic E-state index is -0.524. The average Bonchev–Trinajstić information content (AvgIpc) is 3.41. The maximum atomic E-state index is 14.0. The molecule has 1 aliphatic carbocycles. The lowest BCUT2D eigenvalue weighted by Gasteiger charge is -2.28. The smallest absolute Gasteiger partial charge is 0.257 e. The molecule has 2 aliphatic heterocycles. The van der Waals surface area contributed by atoms with Crippen LogP contribution in [0, 0.1) is 11.7 Å². The van der Waals surface area contributed by atoms with Gasteiger partial charge in [-0.25, -0.2) is 9.37 Å². The summed E-state index contributed by atoms with van der Waals surface area (Å²) in [6.45, 7) is 3.76. The first-order valence-electron chi connectivity index (χ1n) is 10.5. The van der Waals surface area contributed by atoms with Crippen LogP contribution < -0.4 is 5.56 Å². The maximum absolute atomic E-state index is 14.0. The molecule has 3 aliphatic rings. The van der Waals surface area contributed by atoms with Gasteiger partial charge < -0.3 is 14.8 Å². The fraction of sp³-hybridized carbons (Fsp3) is 0.500. The Morgan fingerprint density at radius 2 is 2.03 bits per heavy atom. The van der Waals surface area contributed by atoms with Gasteiger partial charge in [0.1, 0.15) is 11.6 Å². The van der Waals surface area contributed by atoms with Gasteiger partial charge in [-0.1, -0.05) is 12.1 Å². The molecule has 152 valence electrons. The van der Waals surface area contributed by atoms with Gasteiger partial charge in [0.15, 0.2) is 0 Å². The van der Waals surface area contributed by atoms with Crippen molar-refractivity contribution in [1.29, 1.82) is 0 Å². The van der Waals surface area contributed by atoms with E-state index >= 15 is 0 Å². The first kappa shape index (κ1) is 18.5. The van der Waals surface area contributed by atoms with Crippen LogP contribution >= 0.6 is 0 Å². The number of fused-ring (bicyclic) bond motifs is 1. The van der Waals surface area contributed by atoms with Crippen molar-refractivity contribution in [1.82, 2.24) is 19.8 Å². The third-order valence-electron chi connectivity index (χ3n) is 6.36. The Balaban J connectivity index is 1.35. The van der Waals surface area contributed by atoms with Crippen molar-refractivity contribution in [3.8, 4) is 0 Å². The number of benzene rings is 1. The molecule has 0 radical (unpaired) electrons. The zero-order valence-corrected chi connectivity index (χ0v) is 16.4. The Morgan fingerprint density at radius 3 is 2.83 bits per heavy atom. The molecule has 29 heavy (non-hydrogen) atoms. The summed E-state index contributed by atoms with van der Waals surface area (Å²) in [4.78, 5) is 37.2. The summed E-state index contributed by atoms with van der Waals surface area (Å²) < 4.78 is 14.0. The van der Waals surface area contributed by atoms with Crippen molar-refractivity contribution in [2.45, 2.75) is 38.1 Å². The minimum Gasteiger partial charge on any atom is -0.332 e. The number of hydrogen-bond acceptors (Lipinski definition) is 4. The van der Waals surface area contributed by atoms with Gasteiger partial charge in [0.25, 0.3) is 11.5 Å². The van der Waals surface area contributed by atoms with Crippen LogP contribution in [0.25, 0.3) is 0 Å². The van der Waals surface area contributed by atoms with Gasteiger partial charge in [-0.2, -0.15) is 0 Å². The number of carbonyl (C=O) groups is 1. The summed E-state index contributed by atoms with van der Waals surface area (Å²) in [7, 11) is 0. The molecule has 5 rings (SSSR count).